The summed E-state index contributed by atoms with van der Waals surface area (Å²) in [5.74, 6) is -0.0811. The number of carbonyl (C=O) groups is 1. The van der Waals surface area contributed by atoms with E-state index in [0.29, 0.717) is 5.56 Å². The van der Waals surface area contributed by atoms with E-state index in [-0.39, 0.29) is 5.91 Å². The lowest BCUT2D eigenvalue weighted by molar-refractivity contribution is 0.0963. The van der Waals surface area contributed by atoms with E-state index in [1.807, 2.05) is 0 Å². The highest BCUT2D eigenvalue weighted by Crippen LogP contribution is 2.02. The molecule has 4 nitrogen and oxygen atoms in total. The van der Waals surface area contributed by atoms with Crippen LogP contribution in [0.1, 0.15) is 23.2 Å². The Morgan fingerprint density at radius 3 is 2.25 bits per heavy atom. The molecule has 0 aliphatic carbocycles. The van der Waals surface area contributed by atoms with E-state index >= 15 is 0 Å². The molecule has 0 saturated carbocycles. The lowest BCUT2D eigenvalue weighted by Gasteiger charge is -2.01. The molecule has 1 aromatic heterocycles. The zero-order chi connectivity index (χ0) is 11.8. The van der Waals surface area contributed by atoms with Gasteiger partial charge in [-0.2, -0.15) is 0 Å². The highest BCUT2D eigenvalue weighted by atomic mass is 16.1. The molecule has 1 aliphatic heterocycles. The van der Waals surface area contributed by atoms with Gasteiger partial charge >= 0.3 is 0 Å². The predicted octanol–water partition coefficient (Wildman–Crippen LogP) is 1.15. The highest BCUT2D eigenvalue weighted by Gasteiger charge is 2.03. The average molecular weight is 221 g/mol. The van der Waals surface area contributed by atoms with Crippen LogP contribution < -0.4 is 5.32 Å². The van der Waals surface area contributed by atoms with Crippen LogP contribution in [0.5, 0.6) is 0 Å². The lowest BCUT2D eigenvalue weighted by Crippen LogP contribution is -2.17. The molecule has 0 bridgehead atoms. The van der Waals surface area contributed by atoms with E-state index in [4.69, 9.17) is 0 Å². The number of aromatic nitrogens is 1. The van der Waals surface area contributed by atoms with Gasteiger partial charge in [-0.1, -0.05) is 0 Å². The van der Waals surface area contributed by atoms with Crippen molar-refractivity contribution >= 4 is 5.91 Å². The van der Waals surface area contributed by atoms with Crippen molar-refractivity contribution in [1.82, 2.24) is 15.2 Å². The molecule has 1 amide bonds. The number of likely N-dealkylation sites (tertiary alicyclic amines) is 1. The minimum Gasteiger partial charge on any atom is -0.355 e. The summed E-state index contributed by atoms with van der Waals surface area (Å²) in [7, 11) is 3.77. The topological polar surface area (TPSA) is 45.2 Å². The third-order valence-electron chi connectivity index (χ3n) is 2.50. The minimum absolute atomic E-state index is 0.0811. The minimum atomic E-state index is -0.0811. The Bertz CT molecular complexity index is 307. The van der Waals surface area contributed by atoms with Gasteiger partial charge in [0.15, 0.2) is 0 Å². The van der Waals surface area contributed by atoms with Crippen molar-refractivity contribution in [1.29, 1.82) is 0 Å². The van der Waals surface area contributed by atoms with E-state index in [9.17, 15) is 4.79 Å². The number of rotatable bonds is 1. The van der Waals surface area contributed by atoms with Crippen LogP contribution in [0.25, 0.3) is 0 Å². The van der Waals surface area contributed by atoms with Crippen LogP contribution in [0.2, 0.25) is 0 Å². The van der Waals surface area contributed by atoms with Crippen molar-refractivity contribution in [2.24, 2.45) is 0 Å². The van der Waals surface area contributed by atoms with E-state index in [1.165, 1.54) is 25.9 Å². The quantitative estimate of drug-likeness (QED) is 0.774. The third kappa shape index (κ3) is 4.40. The predicted molar refractivity (Wildman–Crippen MR) is 64.4 cm³/mol. The van der Waals surface area contributed by atoms with Crippen LogP contribution in [-0.4, -0.2) is 43.0 Å². The standard InChI is InChI=1S/C7H8N2O.C5H11N/c1-8-7(10)6-2-4-9-5-3-6;1-6-4-2-3-5-6/h2-5H,1H3,(H,8,10);2-5H2,1H3. The fourth-order valence-electron chi connectivity index (χ4n) is 1.52. The maximum atomic E-state index is 10.9. The number of pyridine rings is 1. The fourth-order valence-corrected chi connectivity index (χ4v) is 1.52. The van der Waals surface area contributed by atoms with Gasteiger partial charge in [-0.15, -0.1) is 0 Å². The number of nitrogens with zero attached hydrogens (tertiary/aromatic N) is 2. The molecule has 1 aliphatic rings. The van der Waals surface area contributed by atoms with E-state index in [1.54, 1.807) is 31.6 Å². The molecule has 2 heterocycles. The third-order valence-corrected chi connectivity index (χ3v) is 2.50. The van der Waals surface area contributed by atoms with Gasteiger partial charge in [0.1, 0.15) is 0 Å². The van der Waals surface area contributed by atoms with E-state index in [2.05, 4.69) is 22.2 Å². The fraction of sp³-hybridized carbons (Fsp3) is 0.500. The molecule has 1 N–H and O–H groups in total. The Kier molecular flexibility index (Phi) is 5.50. The van der Waals surface area contributed by atoms with Crippen molar-refractivity contribution < 1.29 is 4.79 Å². The SMILES string of the molecule is CN1CCCC1.CNC(=O)c1ccncc1. The molecule has 0 atom stereocenters. The van der Waals surface area contributed by atoms with Gasteiger partial charge in [0.25, 0.3) is 5.91 Å². The van der Waals surface area contributed by atoms with Crippen molar-refractivity contribution in [2.45, 2.75) is 12.8 Å². The molecule has 0 unspecified atom stereocenters. The molecule has 1 fully saturated rings. The molecular weight excluding hydrogens is 202 g/mol. The average Bonchev–Trinajstić information content (AvgIpc) is 2.81. The summed E-state index contributed by atoms with van der Waals surface area (Å²) < 4.78 is 0. The van der Waals surface area contributed by atoms with Crippen LogP contribution in [0.15, 0.2) is 24.5 Å². The Morgan fingerprint density at radius 2 is 1.88 bits per heavy atom. The molecular formula is C12H19N3O. The maximum Gasteiger partial charge on any atom is 0.251 e. The summed E-state index contributed by atoms with van der Waals surface area (Å²) in [4.78, 5) is 17.0. The molecule has 2 rings (SSSR count). The van der Waals surface area contributed by atoms with Crippen LogP contribution >= 0.6 is 0 Å². The first-order chi connectivity index (χ1) is 7.74. The molecule has 88 valence electrons. The number of amides is 1. The first-order valence-electron chi connectivity index (χ1n) is 5.54. The second-order valence-corrected chi connectivity index (χ2v) is 3.83. The highest BCUT2D eigenvalue weighted by molar-refractivity contribution is 5.93. The summed E-state index contributed by atoms with van der Waals surface area (Å²) in [6.07, 6.45) is 6.00. The summed E-state index contributed by atoms with van der Waals surface area (Å²) in [6, 6.07) is 3.33. The number of hydrogen-bond acceptors (Lipinski definition) is 3. The number of carbonyl (C=O) groups excluding carboxylic acids is 1. The largest absolute Gasteiger partial charge is 0.355 e. The lowest BCUT2D eigenvalue weighted by atomic mass is 10.2. The summed E-state index contributed by atoms with van der Waals surface area (Å²) in [6.45, 7) is 2.64. The van der Waals surface area contributed by atoms with Crippen LogP contribution in [0.4, 0.5) is 0 Å². The second-order valence-electron chi connectivity index (χ2n) is 3.83. The molecule has 16 heavy (non-hydrogen) atoms. The first kappa shape index (κ1) is 12.6. The van der Waals surface area contributed by atoms with Crippen molar-refractivity contribution in [3.63, 3.8) is 0 Å². The van der Waals surface area contributed by atoms with Gasteiger partial charge < -0.3 is 10.2 Å². The van der Waals surface area contributed by atoms with Gasteiger partial charge in [0, 0.05) is 25.0 Å². The normalized spacial score (nSPS) is 15.1. The van der Waals surface area contributed by atoms with Gasteiger partial charge in [0.2, 0.25) is 0 Å². The van der Waals surface area contributed by atoms with E-state index in [0.717, 1.165) is 0 Å². The Balaban J connectivity index is 0.000000181. The Morgan fingerprint density at radius 1 is 1.31 bits per heavy atom. The summed E-state index contributed by atoms with van der Waals surface area (Å²) in [5, 5.41) is 2.51. The van der Waals surface area contributed by atoms with Gasteiger partial charge in [0.05, 0.1) is 0 Å². The van der Waals surface area contributed by atoms with Crippen molar-refractivity contribution in [2.75, 3.05) is 27.2 Å². The maximum absolute atomic E-state index is 10.9. The monoisotopic (exact) mass is 221 g/mol. The van der Waals surface area contributed by atoms with E-state index < -0.39 is 0 Å². The molecule has 4 heteroatoms. The van der Waals surface area contributed by atoms with Gasteiger partial charge in [-0.25, -0.2) is 0 Å². The molecule has 1 saturated heterocycles. The molecule has 0 spiro atoms. The molecule has 0 radical (unpaired) electrons. The Labute approximate surface area is 96.7 Å². The second kappa shape index (κ2) is 6.95. The van der Waals surface area contributed by atoms with Crippen LogP contribution in [0.3, 0.4) is 0 Å². The van der Waals surface area contributed by atoms with Crippen molar-refractivity contribution in [3.8, 4) is 0 Å². The van der Waals surface area contributed by atoms with Crippen LogP contribution in [-0.2, 0) is 0 Å². The number of hydrogen-bond donors (Lipinski definition) is 1. The smallest absolute Gasteiger partial charge is 0.251 e. The van der Waals surface area contributed by atoms with Gasteiger partial charge in [-0.3, -0.25) is 9.78 Å². The zero-order valence-corrected chi connectivity index (χ0v) is 9.94. The summed E-state index contributed by atoms with van der Waals surface area (Å²) >= 11 is 0. The van der Waals surface area contributed by atoms with Gasteiger partial charge in [-0.05, 0) is 45.1 Å². The Hall–Kier alpha value is -1.42. The molecule has 0 aromatic carbocycles. The number of nitrogens with one attached hydrogen (secondary N) is 1. The van der Waals surface area contributed by atoms with Crippen molar-refractivity contribution in [3.05, 3.63) is 30.1 Å². The molecule has 1 aromatic rings. The zero-order valence-electron chi connectivity index (χ0n) is 9.94. The van der Waals surface area contributed by atoms with Crippen LogP contribution in [0, 0.1) is 0 Å². The first-order valence-corrected chi connectivity index (χ1v) is 5.54. The summed E-state index contributed by atoms with van der Waals surface area (Å²) in [5.41, 5.74) is 0.637.